The number of thiocarbonyl (C=S) groups is 1. The number of rotatable bonds is 5. The number of hydrogen-bond donors (Lipinski definition) is 2. The molecule has 3 N–H and O–H groups in total. The van der Waals surface area contributed by atoms with Crippen molar-refractivity contribution < 1.29 is 8.42 Å². The second-order valence-electron chi connectivity index (χ2n) is 4.41. The number of hydrogen-bond acceptors (Lipinski definition) is 3. The van der Waals surface area contributed by atoms with Crippen LogP contribution in [0.15, 0.2) is 27.6 Å². The lowest BCUT2D eigenvalue weighted by molar-refractivity contribution is 0.565. The topological polar surface area (TPSA) is 72.2 Å². The Kier molecular flexibility index (Phi) is 4.52. The molecule has 0 aliphatic heterocycles. The van der Waals surface area contributed by atoms with Gasteiger partial charge < -0.3 is 5.73 Å². The van der Waals surface area contributed by atoms with Crippen molar-refractivity contribution in [2.24, 2.45) is 11.7 Å². The second-order valence-corrected chi connectivity index (χ2v) is 7.86. The zero-order chi connectivity index (χ0) is 14.2. The van der Waals surface area contributed by atoms with Crippen molar-refractivity contribution in [2.75, 3.05) is 0 Å². The zero-order valence-corrected chi connectivity index (χ0v) is 13.7. The highest BCUT2D eigenvalue weighted by Crippen LogP contribution is 2.34. The van der Waals surface area contributed by atoms with E-state index in [1.807, 2.05) is 0 Å². The SMILES string of the molecule is NC(=S)C(NS(=O)(=O)c1ccc(Cl)c(Br)c1)C1CC1. The molecular weight excluding hydrogens is 372 g/mol. The highest BCUT2D eigenvalue weighted by Gasteiger charge is 2.36. The molecule has 1 fully saturated rings. The molecule has 19 heavy (non-hydrogen) atoms. The van der Waals surface area contributed by atoms with Gasteiger partial charge in [-0.3, -0.25) is 0 Å². The number of nitrogens with one attached hydrogen (secondary N) is 1. The molecule has 1 atom stereocenters. The minimum absolute atomic E-state index is 0.130. The Hall–Kier alpha value is -0.210. The van der Waals surface area contributed by atoms with Crippen LogP contribution >= 0.6 is 39.7 Å². The molecule has 2 rings (SSSR count). The molecule has 1 saturated carbocycles. The van der Waals surface area contributed by atoms with Gasteiger partial charge in [-0.25, -0.2) is 13.1 Å². The summed E-state index contributed by atoms with van der Waals surface area (Å²) in [6, 6.07) is 3.94. The first kappa shape index (κ1) is 15.2. The van der Waals surface area contributed by atoms with E-state index in [1.165, 1.54) is 18.2 Å². The van der Waals surface area contributed by atoms with Crippen LogP contribution in [0.25, 0.3) is 0 Å². The molecule has 1 aliphatic carbocycles. The van der Waals surface area contributed by atoms with E-state index < -0.39 is 16.1 Å². The van der Waals surface area contributed by atoms with Crippen molar-refractivity contribution in [2.45, 2.75) is 23.8 Å². The van der Waals surface area contributed by atoms with Crippen LogP contribution in [0, 0.1) is 5.92 Å². The van der Waals surface area contributed by atoms with Crippen LogP contribution < -0.4 is 10.5 Å². The monoisotopic (exact) mass is 382 g/mol. The van der Waals surface area contributed by atoms with Gasteiger partial charge in [0.15, 0.2) is 0 Å². The Labute approximate surface area is 130 Å². The minimum atomic E-state index is -3.65. The molecule has 0 saturated heterocycles. The Morgan fingerprint density at radius 2 is 2.16 bits per heavy atom. The Morgan fingerprint density at radius 3 is 2.63 bits per heavy atom. The Balaban J connectivity index is 2.26. The summed E-state index contributed by atoms with van der Waals surface area (Å²) in [5, 5.41) is 0.451. The predicted octanol–water partition coefficient (Wildman–Crippen LogP) is 2.45. The van der Waals surface area contributed by atoms with E-state index >= 15 is 0 Å². The second kappa shape index (κ2) is 5.65. The van der Waals surface area contributed by atoms with E-state index in [0.717, 1.165) is 12.8 Å². The van der Waals surface area contributed by atoms with Crippen LogP contribution in [0.5, 0.6) is 0 Å². The lowest BCUT2D eigenvalue weighted by Gasteiger charge is -2.17. The van der Waals surface area contributed by atoms with Gasteiger partial charge in [0.25, 0.3) is 0 Å². The van der Waals surface area contributed by atoms with Gasteiger partial charge in [0.2, 0.25) is 10.0 Å². The van der Waals surface area contributed by atoms with Crippen LogP contribution in [0.3, 0.4) is 0 Å². The van der Waals surface area contributed by atoms with Crippen LogP contribution in [0.2, 0.25) is 5.02 Å². The third kappa shape index (κ3) is 3.66. The van der Waals surface area contributed by atoms with Crippen molar-refractivity contribution in [1.82, 2.24) is 4.72 Å². The van der Waals surface area contributed by atoms with Crippen molar-refractivity contribution in [3.05, 3.63) is 27.7 Å². The van der Waals surface area contributed by atoms with Crippen molar-refractivity contribution in [1.29, 1.82) is 0 Å². The Bertz CT molecular complexity index is 617. The molecule has 4 nitrogen and oxygen atoms in total. The normalized spacial score (nSPS) is 17.2. The van der Waals surface area contributed by atoms with Gasteiger partial charge >= 0.3 is 0 Å². The third-order valence-electron chi connectivity index (χ3n) is 2.88. The summed E-state index contributed by atoms with van der Waals surface area (Å²) in [4.78, 5) is 0.310. The summed E-state index contributed by atoms with van der Waals surface area (Å²) in [6.45, 7) is 0. The molecule has 8 heteroatoms. The number of benzene rings is 1. The molecule has 1 aromatic rings. The van der Waals surface area contributed by atoms with Gasteiger partial charge in [0, 0.05) is 4.47 Å². The standard InChI is InChI=1S/C11H12BrClN2O2S2/c12-8-5-7(3-4-9(8)13)19(16,17)15-10(11(14)18)6-1-2-6/h3-6,10,15H,1-2H2,(H2,14,18). The highest BCUT2D eigenvalue weighted by molar-refractivity contribution is 9.10. The van der Waals surface area contributed by atoms with Crippen molar-refractivity contribution >= 4 is 54.8 Å². The van der Waals surface area contributed by atoms with Gasteiger partial charge in [0.05, 0.1) is 20.9 Å². The molecule has 0 aromatic heterocycles. The van der Waals surface area contributed by atoms with E-state index in [4.69, 9.17) is 29.6 Å². The van der Waals surface area contributed by atoms with Gasteiger partial charge in [-0.05, 0) is 52.9 Å². The third-order valence-corrected chi connectivity index (χ3v) is 5.79. The summed E-state index contributed by atoms with van der Waals surface area (Å²) in [7, 11) is -3.65. The fourth-order valence-corrected chi connectivity index (χ4v) is 3.98. The van der Waals surface area contributed by atoms with E-state index in [-0.39, 0.29) is 15.8 Å². The molecule has 1 aliphatic rings. The highest BCUT2D eigenvalue weighted by atomic mass is 79.9. The number of nitrogens with two attached hydrogens (primary N) is 1. The molecule has 0 heterocycles. The maximum absolute atomic E-state index is 12.3. The fraction of sp³-hybridized carbons (Fsp3) is 0.364. The summed E-state index contributed by atoms with van der Waals surface area (Å²) in [6.07, 6.45) is 1.88. The van der Waals surface area contributed by atoms with Gasteiger partial charge in [-0.2, -0.15) is 0 Å². The average molecular weight is 384 g/mol. The predicted molar refractivity (Wildman–Crippen MR) is 82.8 cm³/mol. The first-order valence-electron chi connectivity index (χ1n) is 5.58. The van der Waals surface area contributed by atoms with E-state index in [9.17, 15) is 8.42 Å². The zero-order valence-electron chi connectivity index (χ0n) is 9.77. The lowest BCUT2D eigenvalue weighted by Crippen LogP contribution is -2.44. The minimum Gasteiger partial charge on any atom is -0.392 e. The number of sulfonamides is 1. The van der Waals surface area contributed by atoms with Gasteiger partial charge in [-0.15, -0.1) is 0 Å². The van der Waals surface area contributed by atoms with Crippen LogP contribution in [0.4, 0.5) is 0 Å². The van der Waals surface area contributed by atoms with E-state index in [0.29, 0.717) is 9.50 Å². The van der Waals surface area contributed by atoms with Crippen LogP contribution in [0.1, 0.15) is 12.8 Å². The van der Waals surface area contributed by atoms with Gasteiger partial charge in [0.1, 0.15) is 0 Å². The molecule has 0 spiro atoms. The molecule has 1 unspecified atom stereocenters. The maximum atomic E-state index is 12.3. The molecular formula is C11H12BrClN2O2S2. The fourth-order valence-electron chi connectivity index (χ4n) is 1.70. The van der Waals surface area contributed by atoms with Gasteiger partial charge in [-0.1, -0.05) is 23.8 Å². The smallest absolute Gasteiger partial charge is 0.241 e. The first-order valence-corrected chi connectivity index (χ1v) is 8.64. The van der Waals surface area contributed by atoms with Crippen molar-refractivity contribution in [3.8, 4) is 0 Å². The molecule has 104 valence electrons. The molecule has 0 amide bonds. The summed E-state index contributed by atoms with van der Waals surface area (Å²) in [5.41, 5.74) is 5.59. The molecule has 0 radical (unpaired) electrons. The van der Waals surface area contributed by atoms with Crippen LogP contribution in [-0.4, -0.2) is 19.4 Å². The van der Waals surface area contributed by atoms with E-state index in [2.05, 4.69) is 20.7 Å². The summed E-state index contributed by atoms with van der Waals surface area (Å²) < 4.78 is 27.6. The van der Waals surface area contributed by atoms with Crippen LogP contribution in [-0.2, 0) is 10.0 Å². The average Bonchev–Trinajstić information content (AvgIpc) is 3.13. The number of halogens is 2. The quantitative estimate of drug-likeness (QED) is 0.766. The summed E-state index contributed by atoms with van der Waals surface area (Å²) >= 11 is 14.0. The molecule has 0 bridgehead atoms. The Morgan fingerprint density at radius 1 is 1.53 bits per heavy atom. The molecule has 1 aromatic carbocycles. The van der Waals surface area contributed by atoms with Crippen molar-refractivity contribution in [3.63, 3.8) is 0 Å². The summed E-state index contributed by atoms with van der Waals surface area (Å²) in [5.74, 6) is 0.211. The lowest BCUT2D eigenvalue weighted by atomic mass is 10.2. The van der Waals surface area contributed by atoms with E-state index in [1.54, 1.807) is 0 Å². The first-order chi connectivity index (χ1) is 8.81. The largest absolute Gasteiger partial charge is 0.392 e. The maximum Gasteiger partial charge on any atom is 0.241 e.